The van der Waals surface area contributed by atoms with Crippen molar-refractivity contribution in [2.75, 3.05) is 0 Å². The Morgan fingerprint density at radius 1 is 1.07 bits per heavy atom. The van der Waals surface area contributed by atoms with E-state index in [9.17, 15) is 39.9 Å². The van der Waals surface area contributed by atoms with Gasteiger partial charge in [0.05, 0.1) is 11.7 Å². The second kappa shape index (κ2) is 10.4. The fourth-order valence-electron chi connectivity index (χ4n) is 8.10. The van der Waals surface area contributed by atoms with Gasteiger partial charge in [-0.3, -0.25) is 14.4 Å². The summed E-state index contributed by atoms with van der Waals surface area (Å²) >= 11 is 0. The lowest BCUT2D eigenvalue weighted by Gasteiger charge is -2.50. The number of carbonyl (C=O) groups excluding carboxylic acids is 3. The number of aliphatic hydroxyl groups is 4. The van der Waals surface area contributed by atoms with E-state index in [1.54, 1.807) is 13.0 Å². The summed E-state index contributed by atoms with van der Waals surface area (Å²) in [6.45, 7) is 6.89. The van der Waals surface area contributed by atoms with E-state index in [0.717, 1.165) is 32.1 Å². The number of Topliss-reactive ketones (excluding diaryl/α,β-unsaturated/α-hetero) is 3. The predicted octanol–water partition coefficient (Wildman–Crippen LogP) is 5.09. The van der Waals surface area contributed by atoms with Gasteiger partial charge >= 0.3 is 0 Å². The SMILES string of the molecule is CC(=O)C1=C(O)C2(O)C(=O)C3=C(O)c4c(ccc(C(C)(C)CCCC5CCCCC5)c4O)C(C)C3C(O)C2CC1=O. The van der Waals surface area contributed by atoms with E-state index in [2.05, 4.69) is 0 Å². The van der Waals surface area contributed by atoms with Crippen LogP contribution in [-0.4, -0.2) is 54.6 Å². The first-order valence-electron chi connectivity index (χ1n) is 15.0. The zero-order chi connectivity index (χ0) is 30.0. The van der Waals surface area contributed by atoms with Crippen LogP contribution in [0, 0.1) is 17.8 Å². The maximum absolute atomic E-state index is 13.9. The molecule has 0 bridgehead atoms. The number of ketones is 3. The molecule has 5 rings (SSSR count). The average molecular weight is 567 g/mol. The summed E-state index contributed by atoms with van der Waals surface area (Å²) in [5.74, 6) is -6.67. The predicted molar refractivity (Wildman–Crippen MR) is 152 cm³/mol. The summed E-state index contributed by atoms with van der Waals surface area (Å²) < 4.78 is 0. The molecule has 0 radical (unpaired) electrons. The number of aromatic hydroxyl groups is 1. The molecule has 2 fully saturated rings. The molecule has 4 aliphatic rings. The highest BCUT2D eigenvalue weighted by atomic mass is 16.4. The molecule has 41 heavy (non-hydrogen) atoms. The van der Waals surface area contributed by atoms with Crippen LogP contribution >= 0.6 is 0 Å². The third-order valence-electron chi connectivity index (χ3n) is 10.5. The number of carbonyl (C=O) groups is 3. The lowest BCUT2D eigenvalue weighted by atomic mass is 9.55. The number of aliphatic hydroxyl groups excluding tert-OH is 3. The topological polar surface area (TPSA) is 152 Å². The summed E-state index contributed by atoms with van der Waals surface area (Å²) in [6, 6.07) is 3.65. The first-order chi connectivity index (χ1) is 19.2. The fourth-order valence-corrected chi connectivity index (χ4v) is 8.10. The van der Waals surface area contributed by atoms with Crippen molar-refractivity contribution in [3.63, 3.8) is 0 Å². The van der Waals surface area contributed by atoms with Crippen molar-refractivity contribution in [3.05, 3.63) is 45.7 Å². The number of benzene rings is 1. The van der Waals surface area contributed by atoms with E-state index in [0.29, 0.717) is 11.1 Å². The van der Waals surface area contributed by atoms with Crippen molar-refractivity contribution in [2.24, 2.45) is 17.8 Å². The highest BCUT2D eigenvalue weighted by Crippen LogP contribution is 2.56. The molecule has 0 spiro atoms. The monoisotopic (exact) mass is 566 g/mol. The third kappa shape index (κ3) is 4.45. The van der Waals surface area contributed by atoms with E-state index < -0.39 is 75.7 Å². The lowest BCUT2D eigenvalue weighted by molar-refractivity contribution is -0.160. The molecule has 0 heterocycles. The highest BCUT2D eigenvalue weighted by molar-refractivity contribution is 6.23. The molecular formula is C33H42O8. The van der Waals surface area contributed by atoms with Gasteiger partial charge in [0.2, 0.25) is 5.78 Å². The number of allylic oxidation sites excluding steroid dienone is 1. The van der Waals surface area contributed by atoms with Crippen LogP contribution in [0.2, 0.25) is 0 Å². The molecule has 8 nitrogen and oxygen atoms in total. The Morgan fingerprint density at radius 2 is 1.73 bits per heavy atom. The van der Waals surface area contributed by atoms with Crippen LogP contribution in [-0.2, 0) is 19.8 Å². The molecule has 222 valence electrons. The quantitative estimate of drug-likeness (QED) is 0.299. The smallest absolute Gasteiger partial charge is 0.202 e. The number of phenolic OH excluding ortho intramolecular Hbond substituents is 1. The standard InChI is InChI=1S/C33H42O8/c1-16-19-12-13-20(32(3,4)14-8-11-18-9-6-5-7-10-18)27(36)25(19)29(38)26-23(16)28(37)21-15-22(35)24(17(2)34)30(39)33(21,41)31(26)40/h12-13,16,18,21,23,28,36-39,41H,5-11,14-15H2,1-4H3. The van der Waals surface area contributed by atoms with E-state index in [1.165, 1.54) is 32.1 Å². The van der Waals surface area contributed by atoms with Crippen LogP contribution in [0.25, 0.3) is 5.76 Å². The van der Waals surface area contributed by atoms with Crippen molar-refractivity contribution in [2.45, 2.75) is 109 Å². The van der Waals surface area contributed by atoms with Crippen molar-refractivity contribution in [1.29, 1.82) is 0 Å². The molecule has 5 N–H and O–H groups in total. The van der Waals surface area contributed by atoms with Crippen LogP contribution in [0.5, 0.6) is 5.75 Å². The van der Waals surface area contributed by atoms with Gasteiger partial charge in [0.15, 0.2) is 17.2 Å². The minimum absolute atomic E-state index is 0.0753. The van der Waals surface area contributed by atoms with Crippen molar-refractivity contribution in [3.8, 4) is 5.75 Å². The molecular weight excluding hydrogens is 524 g/mol. The maximum Gasteiger partial charge on any atom is 0.202 e. The summed E-state index contributed by atoms with van der Waals surface area (Å²) in [6.07, 6.45) is 7.39. The van der Waals surface area contributed by atoms with Gasteiger partial charge in [0.25, 0.3) is 0 Å². The summed E-state index contributed by atoms with van der Waals surface area (Å²) in [7, 11) is 0. The van der Waals surface area contributed by atoms with Gasteiger partial charge in [-0.05, 0) is 36.2 Å². The van der Waals surface area contributed by atoms with Crippen LogP contribution in [0.15, 0.2) is 29.0 Å². The molecule has 5 unspecified atom stereocenters. The van der Waals surface area contributed by atoms with Gasteiger partial charge < -0.3 is 25.5 Å². The van der Waals surface area contributed by atoms with Gasteiger partial charge in [-0.15, -0.1) is 0 Å². The number of phenols is 1. The largest absolute Gasteiger partial charge is 0.508 e. The van der Waals surface area contributed by atoms with Crippen LogP contribution in [0.4, 0.5) is 0 Å². The number of hydrogen-bond donors (Lipinski definition) is 5. The zero-order valence-electron chi connectivity index (χ0n) is 24.4. The molecule has 5 atom stereocenters. The van der Waals surface area contributed by atoms with Crippen LogP contribution < -0.4 is 0 Å². The van der Waals surface area contributed by atoms with E-state index in [1.807, 2.05) is 19.9 Å². The Bertz CT molecular complexity index is 1360. The van der Waals surface area contributed by atoms with Crippen LogP contribution in [0.1, 0.15) is 108 Å². The first kappa shape index (κ1) is 29.5. The van der Waals surface area contributed by atoms with E-state index >= 15 is 0 Å². The number of hydrogen-bond acceptors (Lipinski definition) is 8. The Balaban J connectivity index is 1.55. The number of rotatable bonds is 6. The summed E-state index contributed by atoms with van der Waals surface area (Å²) in [5, 5.41) is 57.0. The minimum Gasteiger partial charge on any atom is -0.508 e. The molecule has 0 saturated heterocycles. The Hall–Kier alpha value is -2.97. The molecule has 0 aromatic heterocycles. The van der Waals surface area contributed by atoms with Crippen LogP contribution in [0.3, 0.4) is 0 Å². The summed E-state index contributed by atoms with van der Waals surface area (Å²) in [4.78, 5) is 38.7. The minimum atomic E-state index is -2.75. The Morgan fingerprint density at radius 3 is 2.37 bits per heavy atom. The molecule has 2 saturated carbocycles. The van der Waals surface area contributed by atoms with Crippen molar-refractivity contribution < 1.29 is 39.9 Å². The van der Waals surface area contributed by atoms with E-state index in [-0.39, 0.29) is 16.9 Å². The van der Waals surface area contributed by atoms with Gasteiger partial charge in [-0.25, -0.2) is 0 Å². The Kier molecular flexibility index (Phi) is 7.48. The van der Waals surface area contributed by atoms with Crippen molar-refractivity contribution in [1.82, 2.24) is 0 Å². The molecule has 8 heteroatoms. The van der Waals surface area contributed by atoms with Gasteiger partial charge in [-0.1, -0.05) is 77.8 Å². The average Bonchev–Trinajstić information content (AvgIpc) is 2.91. The van der Waals surface area contributed by atoms with E-state index in [4.69, 9.17) is 0 Å². The third-order valence-corrected chi connectivity index (χ3v) is 10.5. The molecule has 0 aliphatic heterocycles. The lowest BCUT2D eigenvalue weighted by Crippen LogP contribution is -2.63. The van der Waals surface area contributed by atoms with Crippen molar-refractivity contribution >= 4 is 23.1 Å². The second-order valence-corrected chi connectivity index (χ2v) is 13.4. The molecule has 1 aromatic carbocycles. The number of fused-ring (bicyclic) bond motifs is 3. The molecule has 4 aliphatic carbocycles. The molecule has 0 amide bonds. The molecule has 1 aromatic rings. The first-order valence-corrected chi connectivity index (χ1v) is 15.0. The zero-order valence-corrected chi connectivity index (χ0v) is 24.4. The fraction of sp³-hybridized carbons (Fsp3) is 0.606. The van der Waals surface area contributed by atoms with Gasteiger partial charge in [0.1, 0.15) is 22.8 Å². The maximum atomic E-state index is 13.9. The Labute approximate surface area is 240 Å². The normalized spacial score (nSPS) is 30.7. The highest BCUT2D eigenvalue weighted by Gasteiger charge is 2.64. The summed E-state index contributed by atoms with van der Waals surface area (Å²) in [5.41, 5.74) is -2.93. The second-order valence-electron chi connectivity index (χ2n) is 13.4. The van der Waals surface area contributed by atoms with Gasteiger partial charge in [-0.2, -0.15) is 0 Å². The van der Waals surface area contributed by atoms with Gasteiger partial charge in [0, 0.05) is 29.4 Å².